The van der Waals surface area contributed by atoms with Crippen molar-refractivity contribution in [3.63, 3.8) is 0 Å². The van der Waals surface area contributed by atoms with E-state index in [1.807, 2.05) is 13.8 Å². The zero-order chi connectivity index (χ0) is 13.0. The minimum absolute atomic E-state index is 0.188. The number of nitrogens with one attached hydrogen (secondary N) is 1. The van der Waals surface area contributed by atoms with Gasteiger partial charge in [0.15, 0.2) is 0 Å². The molecule has 1 amide bonds. The molecule has 0 aromatic heterocycles. The van der Waals surface area contributed by atoms with Crippen LogP contribution in [0.15, 0.2) is 22.7 Å². The molecule has 3 nitrogen and oxygen atoms in total. The molecular formula is C13H15BrN2O. The second-order valence-corrected chi connectivity index (χ2v) is 5.05. The van der Waals surface area contributed by atoms with Crippen molar-refractivity contribution in [2.45, 2.75) is 19.9 Å². The number of hydrogen-bond donors (Lipinski definition) is 2. The van der Waals surface area contributed by atoms with Crippen LogP contribution in [0.5, 0.6) is 0 Å². The zero-order valence-electron chi connectivity index (χ0n) is 9.83. The first-order valence-electron chi connectivity index (χ1n) is 5.27. The summed E-state index contributed by atoms with van der Waals surface area (Å²) in [5.74, 6) is 2.53. The molecule has 1 atom stereocenters. The number of rotatable bonds is 3. The Morgan fingerprint density at radius 1 is 1.47 bits per heavy atom. The van der Waals surface area contributed by atoms with Crippen molar-refractivity contribution in [1.29, 1.82) is 0 Å². The molecule has 0 heterocycles. The Labute approximate surface area is 110 Å². The van der Waals surface area contributed by atoms with Gasteiger partial charge in [-0.1, -0.05) is 35.7 Å². The molecule has 0 aliphatic heterocycles. The molecule has 1 aromatic rings. The third-order valence-electron chi connectivity index (χ3n) is 2.32. The molecule has 0 saturated heterocycles. The fraction of sp³-hybridized carbons (Fsp3) is 0.308. The molecule has 17 heavy (non-hydrogen) atoms. The number of terminal acetylenes is 1. The van der Waals surface area contributed by atoms with Gasteiger partial charge in [-0.05, 0) is 24.1 Å². The summed E-state index contributed by atoms with van der Waals surface area (Å²) in [7, 11) is 0. The van der Waals surface area contributed by atoms with Crippen LogP contribution >= 0.6 is 15.9 Å². The summed E-state index contributed by atoms with van der Waals surface area (Å²) < 4.78 is 0.768. The first-order valence-corrected chi connectivity index (χ1v) is 6.06. The number of hydrogen-bond acceptors (Lipinski definition) is 2. The molecule has 0 radical (unpaired) electrons. The van der Waals surface area contributed by atoms with Crippen LogP contribution in [0.3, 0.4) is 0 Å². The number of carbonyl (C=O) groups excluding carboxylic acids is 1. The minimum atomic E-state index is -0.275. The van der Waals surface area contributed by atoms with E-state index in [1.54, 1.807) is 18.2 Å². The molecule has 4 heteroatoms. The van der Waals surface area contributed by atoms with Crippen molar-refractivity contribution in [2.75, 3.05) is 5.73 Å². The van der Waals surface area contributed by atoms with Crippen molar-refractivity contribution in [1.82, 2.24) is 5.32 Å². The quantitative estimate of drug-likeness (QED) is 0.664. The van der Waals surface area contributed by atoms with E-state index in [4.69, 9.17) is 12.2 Å². The second kappa shape index (κ2) is 5.74. The fourth-order valence-electron chi connectivity index (χ4n) is 1.37. The van der Waals surface area contributed by atoms with Crippen LogP contribution in [0.2, 0.25) is 0 Å². The van der Waals surface area contributed by atoms with E-state index >= 15 is 0 Å². The van der Waals surface area contributed by atoms with E-state index in [2.05, 4.69) is 27.2 Å². The number of benzene rings is 1. The summed E-state index contributed by atoms with van der Waals surface area (Å²) in [4.78, 5) is 11.9. The van der Waals surface area contributed by atoms with Gasteiger partial charge in [0.1, 0.15) is 0 Å². The Morgan fingerprint density at radius 2 is 2.12 bits per heavy atom. The molecule has 3 N–H and O–H groups in total. The monoisotopic (exact) mass is 294 g/mol. The summed E-state index contributed by atoms with van der Waals surface area (Å²) >= 11 is 3.29. The lowest BCUT2D eigenvalue weighted by molar-refractivity contribution is 0.0938. The molecule has 1 unspecified atom stereocenters. The lowest BCUT2D eigenvalue weighted by Crippen LogP contribution is -2.37. The summed E-state index contributed by atoms with van der Waals surface area (Å²) in [5, 5.41) is 2.79. The van der Waals surface area contributed by atoms with Crippen molar-refractivity contribution >= 4 is 27.5 Å². The summed E-state index contributed by atoms with van der Waals surface area (Å²) in [6, 6.07) is 4.79. The fourth-order valence-corrected chi connectivity index (χ4v) is 1.88. The number of nitrogens with two attached hydrogens (primary N) is 1. The molecule has 0 fully saturated rings. The van der Waals surface area contributed by atoms with E-state index in [1.165, 1.54) is 0 Å². The maximum absolute atomic E-state index is 11.9. The van der Waals surface area contributed by atoms with Crippen LogP contribution in [0.25, 0.3) is 0 Å². The van der Waals surface area contributed by atoms with Gasteiger partial charge < -0.3 is 11.1 Å². The van der Waals surface area contributed by atoms with Gasteiger partial charge >= 0.3 is 0 Å². The molecule has 90 valence electrons. The average Bonchev–Trinajstić information content (AvgIpc) is 2.23. The first-order chi connectivity index (χ1) is 7.93. The Kier molecular flexibility index (Phi) is 4.59. The highest BCUT2D eigenvalue weighted by molar-refractivity contribution is 9.10. The SMILES string of the molecule is C#CC(NC(=O)c1cc(N)cc(Br)c1)C(C)C. The number of halogens is 1. The van der Waals surface area contributed by atoms with Crippen LogP contribution < -0.4 is 11.1 Å². The predicted molar refractivity (Wildman–Crippen MR) is 73.5 cm³/mol. The number of amides is 1. The molecule has 1 rings (SSSR count). The number of nitrogen functional groups attached to an aromatic ring is 1. The molecule has 0 bridgehead atoms. The third-order valence-corrected chi connectivity index (χ3v) is 2.77. The lowest BCUT2D eigenvalue weighted by Gasteiger charge is -2.16. The van der Waals surface area contributed by atoms with Gasteiger partial charge in [0.05, 0.1) is 6.04 Å². The highest BCUT2D eigenvalue weighted by Crippen LogP contribution is 2.17. The Morgan fingerprint density at radius 3 is 2.59 bits per heavy atom. The molecule has 0 spiro atoms. The average molecular weight is 295 g/mol. The lowest BCUT2D eigenvalue weighted by atomic mass is 10.0. The topological polar surface area (TPSA) is 55.1 Å². The highest BCUT2D eigenvalue weighted by Gasteiger charge is 2.15. The summed E-state index contributed by atoms with van der Waals surface area (Å²) in [6.45, 7) is 3.92. The Balaban J connectivity index is 2.87. The predicted octanol–water partition coefficient (Wildman–Crippen LogP) is 2.42. The van der Waals surface area contributed by atoms with Crippen molar-refractivity contribution in [3.05, 3.63) is 28.2 Å². The minimum Gasteiger partial charge on any atom is -0.399 e. The van der Waals surface area contributed by atoms with E-state index in [9.17, 15) is 4.79 Å². The van der Waals surface area contributed by atoms with E-state index < -0.39 is 0 Å². The van der Waals surface area contributed by atoms with E-state index in [-0.39, 0.29) is 17.9 Å². The maximum Gasteiger partial charge on any atom is 0.252 e. The standard InChI is InChI=1S/C13H15BrN2O/c1-4-12(8(2)3)16-13(17)9-5-10(14)7-11(15)6-9/h1,5-8,12H,15H2,2-3H3,(H,16,17). The first kappa shape index (κ1) is 13.6. The highest BCUT2D eigenvalue weighted by atomic mass is 79.9. The Bertz CT molecular complexity index is 443. The van der Waals surface area contributed by atoms with Crippen LogP contribution in [0, 0.1) is 18.3 Å². The molecule has 0 aliphatic rings. The van der Waals surface area contributed by atoms with Crippen LogP contribution in [-0.2, 0) is 0 Å². The normalized spacial score (nSPS) is 11.9. The van der Waals surface area contributed by atoms with Crippen LogP contribution in [0.1, 0.15) is 24.2 Å². The Hall–Kier alpha value is -1.47. The van der Waals surface area contributed by atoms with E-state index in [0.717, 1.165) is 4.47 Å². The van der Waals surface area contributed by atoms with Gasteiger partial charge in [-0.3, -0.25) is 4.79 Å². The zero-order valence-corrected chi connectivity index (χ0v) is 11.4. The van der Waals surface area contributed by atoms with Crippen molar-refractivity contribution in [2.24, 2.45) is 5.92 Å². The molecule has 0 saturated carbocycles. The van der Waals surface area contributed by atoms with Gasteiger partial charge in [-0.25, -0.2) is 0 Å². The van der Waals surface area contributed by atoms with E-state index in [0.29, 0.717) is 11.3 Å². The van der Waals surface area contributed by atoms with Crippen LogP contribution in [0.4, 0.5) is 5.69 Å². The maximum atomic E-state index is 11.9. The molecule has 1 aromatic carbocycles. The molecule has 0 aliphatic carbocycles. The van der Waals surface area contributed by atoms with Gasteiger partial charge in [0.25, 0.3) is 5.91 Å². The van der Waals surface area contributed by atoms with Gasteiger partial charge in [-0.2, -0.15) is 0 Å². The smallest absolute Gasteiger partial charge is 0.252 e. The largest absolute Gasteiger partial charge is 0.399 e. The molecular weight excluding hydrogens is 280 g/mol. The van der Waals surface area contributed by atoms with Gasteiger partial charge in [-0.15, -0.1) is 6.42 Å². The third kappa shape index (κ3) is 3.79. The number of carbonyl (C=O) groups is 1. The van der Waals surface area contributed by atoms with Crippen molar-refractivity contribution in [3.8, 4) is 12.3 Å². The van der Waals surface area contributed by atoms with Gasteiger partial charge in [0.2, 0.25) is 0 Å². The van der Waals surface area contributed by atoms with Gasteiger partial charge in [0, 0.05) is 15.7 Å². The summed E-state index contributed by atoms with van der Waals surface area (Å²) in [6.07, 6.45) is 5.36. The summed E-state index contributed by atoms with van der Waals surface area (Å²) in [5.41, 5.74) is 6.70. The second-order valence-electron chi connectivity index (χ2n) is 4.14. The van der Waals surface area contributed by atoms with Crippen molar-refractivity contribution < 1.29 is 4.79 Å². The van der Waals surface area contributed by atoms with Crippen LogP contribution in [-0.4, -0.2) is 11.9 Å². The number of anilines is 1.